The molecule has 4 nitrogen and oxygen atoms in total. The van der Waals surface area contributed by atoms with E-state index in [4.69, 9.17) is 0 Å². The molecular formula is C15H23NO3S. The number of hydrogen-bond acceptors (Lipinski definition) is 3. The second-order valence-electron chi connectivity index (χ2n) is 5.37. The van der Waals surface area contributed by atoms with Crippen LogP contribution >= 0.6 is 0 Å². The monoisotopic (exact) mass is 297 g/mol. The average Bonchev–Trinajstić information content (AvgIpc) is 2.46. The summed E-state index contributed by atoms with van der Waals surface area (Å²) in [4.78, 5) is 0. The van der Waals surface area contributed by atoms with Gasteiger partial charge in [0.2, 0.25) is 10.0 Å². The number of hydrogen-bond donors (Lipinski definition) is 1. The number of rotatable bonds is 6. The van der Waals surface area contributed by atoms with Gasteiger partial charge in [-0.2, -0.15) is 4.31 Å². The molecule has 1 aromatic carbocycles. The summed E-state index contributed by atoms with van der Waals surface area (Å²) in [5.74, 6) is 0.0182. The molecule has 0 atom stereocenters. The molecule has 1 aliphatic carbocycles. The highest BCUT2D eigenvalue weighted by Crippen LogP contribution is 2.25. The maximum Gasteiger partial charge on any atom is 0.218 e. The predicted octanol–water partition coefficient (Wildman–Crippen LogP) is 2.14. The molecule has 0 aromatic heterocycles. The molecule has 20 heavy (non-hydrogen) atoms. The Hall–Kier alpha value is -0.910. The largest absolute Gasteiger partial charge is 0.395 e. The molecule has 1 saturated carbocycles. The van der Waals surface area contributed by atoms with Gasteiger partial charge in [-0.3, -0.25) is 0 Å². The lowest BCUT2D eigenvalue weighted by atomic mass is 9.95. The van der Waals surface area contributed by atoms with E-state index in [0.717, 1.165) is 31.2 Å². The molecule has 112 valence electrons. The van der Waals surface area contributed by atoms with Gasteiger partial charge in [-0.05, 0) is 18.4 Å². The van der Waals surface area contributed by atoms with Crippen LogP contribution in [0.4, 0.5) is 0 Å². The minimum Gasteiger partial charge on any atom is -0.395 e. The summed E-state index contributed by atoms with van der Waals surface area (Å²) >= 11 is 0. The van der Waals surface area contributed by atoms with E-state index in [-0.39, 0.29) is 24.9 Å². The molecule has 0 saturated heterocycles. The van der Waals surface area contributed by atoms with Crippen molar-refractivity contribution in [2.45, 2.75) is 43.9 Å². The molecule has 0 heterocycles. The van der Waals surface area contributed by atoms with Crippen LogP contribution in [-0.2, 0) is 15.8 Å². The predicted molar refractivity (Wildman–Crippen MR) is 79.7 cm³/mol. The van der Waals surface area contributed by atoms with E-state index in [0.29, 0.717) is 0 Å². The molecule has 0 radical (unpaired) electrons. The van der Waals surface area contributed by atoms with Crippen LogP contribution in [0.5, 0.6) is 0 Å². The minimum atomic E-state index is -3.36. The Balaban J connectivity index is 2.13. The first-order valence-corrected chi connectivity index (χ1v) is 8.89. The Morgan fingerprint density at radius 2 is 1.75 bits per heavy atom. The van der Waals surface area contributed by atoms with Gasteiger partial charge in [0.25, 0.3) is 0 Å². The van der Waals surface area contributed by atoms with Crippen LogP contribution in [0.15, 0.2) is 30.3 Å². The van der Waals surface area contributed by atoms with Crippen molar-refractivity contribution in [3.05, 3.63) is 35.9 Å². The van der Waals surface area contributed by atoms with Gasteiger partial charge in [0.1, 0.15) is 0 Å². The maximum absolute atomic E-state index is 12.6. The Morgan fingerprint density at radius 1 is 1.10 bits per heavy atom. The quantitative estimate of drug-likeness (QED) is 0.875. The van der Waals surface area contributed by atoms with Crippen molar-refractivity contribution in [2.75, 3.05) is 13.2 Å². The van der Waals surface area contributed by atoms with Crippen molar-refractivity contribution < 1.29 is 13.5 Å². The standard InChI is InChI=1S/C15H23NO3S/c17-12-11-16(15-9-5-2-6-10-15)20(18,19)13-14-7-3-1-4-8-14/h1,3-4,7-8,15,17H,2,5-6,9-13H2. The lowest BCUT2D eigenvalue weighted by Gasteiger charge is -2.33. The van der Waals surface area contributed by atoms with Crippen LogP contribution in [0.3, 0.4) is 0 Å². The molecule has 5 heteroatoms. The van der Waals surface area contributed by atoms with Crippen LogP contribution < -0.4 is 0 Å². The molecule has 0 bridgehead atoms. The first-order chi connectivity index (χ1) is 9.63. The van der Waals surface area contributed by atoms with E-state index >= 15 is 0 Å². The number of benzene rings is 1. The third-order valence-corrected chi connectivity index (χ3v) is 5.74. The van der Waals surface area contributed by atoms with Gasteiger partial charge in [-0.1, -0.05) is 49.6 Å². The summed E-state index contributed by atoms with van der Waals surface area (Å²) in [7, 11) is -3.36. The topological polar surface area (TPSA) is 57.6 Å². The highest BCUT2D eigenvalue weighted by atomic mass is 32.2. The van der Waals surface area contributed by atoms with E-state index in [1.54, 1.807) is 0 Å². The number of aliphatic hydroxyl groups excluding tert-OH is 1. The van der Waals surface area contributed by atoms with E-state index < -0.39 is 10.0 Å². The summed E-state index contributed by atoms with van der Waals surface area (Å²) < 4.78 is 26.7. The first-order valence-electron chi connectivity index (χ1n) is 7.28. The second-order valence-corrected chi connectivity index (χ2v) is 7.29. The summed E-state index contributed by atoms with van der Waals surface area (Å²) in [5.41, 5.74) is 0.797. The summed E-state index contributed by atoms with van der Waals surface area (Å²) in [6.07, 6.45) is 5.16. The van der Waals surface area contributed by atoms with Crippen LogP contribution in [0.1, 0.15) is 37.7 Å². The zero-order valence-electron chi connectivity index (χ0n) is 11.7. The van der Waals surface area contributed by atoms with Gasteiger partial charge in [0, 0.05) is 12.6 Å². The van der Waals surface area contributed by atoms with Crippen molar-refractivity contribution in [3.8, 4) is 0 Å². The van der Waals surface area contributed by atoms with E-state index in [1.165, 1.54) is 10.7 Å². The van der Waals surface area contributed by atoms with E-state index in [2.05, 4.69) is 0 Å². The van der Waals surface area contributed by atoms with Gasteiger partial charge in [-0.15, -0.1) is 0 Å². The highest BCUT2D eigenvalue weighted by Gasteiger charge is 2.30. The minimum absolute atomic E-state index is 0.0182. The van der Waals surface area contributed by atoms with Crippen LogP contribution in [0, 0.1) is 0 Å². The summed E-state index contributed by atoms with van der Waals surface area (Å²) in [5, 5.41) is 9.19. The fraction of sp³-hybridized carbons (Fsp3) is 0.600. The van der Waals surface area contributed by atoms with Gasteiger partial charge in [0.15, 0.2) is 0 Å². The SMILES string of the molecule is O=S(=O)(Cc1ccccc1)N(CCO)C1CCCCC1. The third-order valence-electron chi connectivity index (χ3n) is 3.85. The Bertz CT molecular complexity index is 495. The lowest BCUT2D eigenvalue weighted by molar-refractivity contribution is 0.199. The average molecular weight is 297 g/mol. The number of aliphatic hydroxyl groups is 1. The van der Waals surface area contributed by atoms with Crippen molar-refractivity contribution in [1.29, 1.82) is 0 Å². The van der Waals surface area contributed by atoms with Crippen LogP contribution in [0.25, 0.3) is 0 Å². The first kappa shape index (κ1) is 15.5. The van der Waals surface area contributed by atoms with Gasteiger partial charge >= 0.3 is 0 Å². The van der Waals surface area contributed by atoms with Crippen LogP contribution in [0.2, 0.25) is 0 Å². The van der Waals surface area contributed by atoms with Crippen molar-refractivity contribution in [1.82, 2.24) is 4.31 Å². The zero-order valence-corrected chi connectivity index (χ0v) is 12.6. The number of sulfonamides is 1. The van der Waals surface area contributed by atoms with E-state index in [1.807, 2.05) is 30.3 Å². The molecule has 2 rings (SSSR count). The molecule has 1 aromatic rings. The Morgan fingerprint density at radius 3 is 2.35 bits per heavy atom. The highest BCUT2D eigenvalue weighted by molar-refractivity contribution is 7.88. The Kier molecular flexibility index (Phi) is 5.57. The fourth-order valence-corrected chi connectivity index (χ4v) is 4.69. The summed E-state index contributed by atoms with van der Waals surface area (Å²) in [6.45, 7) is 0.0877. The Labute approximate surface area is 121 Å². The zero-order chi connectivity index (χ0) is 14.4. The lowest BCUT2D eigenvalue weighted by Crippen LogP contribution is -2.43. The van der Waals surface area contributed by atoms with Crippen molar-refractivity contribution in [2.24, 2.45) is 0 Å². The third kappa shape index (κ3) is 4.04. The second kappa shape index (κ2) is 7.20. The molecular weight excluding hydrogens is 274 g/mol. The van der Waals surface area contributed by atoms with Crippen molar-refractivity contribution in [3.63, 3.8) is 0 Å². The van der Waals surface area contributed by atoms with Gasteiger partial charge < -0.3 is 5.11 Å². The normalized spacial score (nSPS) is 17.5. The maximum atomic E-state index is 12.6. The fourth-order valence-electron chi connectivity index (χ4n) is 2.88. The summed E-state index contributed by atoms with van der Waals surface area (Å²) in [6, 6.07) is 9.29. The molecule has 1 fully saturated rings. The molecule has 0 amide bonds. The van der Waals surface area contributed by atoms with Gasteiger partial charge in [-0.25, -0.2) is 8.42 Å². The molecule has 1 N–H and O–H groups in total. The van der Waals surface area contributed by atoms with Crippen molar-refractivity contribution >= 4 is 10.0 Å². The van der Waals surface area contributed by atoms with Crippen LogP contribution in [-0.4, -0.2) is 37.0 Å². The van der Waals surface area contributed by atoms with E-state index in [9.17, 15) is 13.5 Å². The molecule has 0 aliphatic heterocycles. The molecule has 1 aliphatic rings. The molecule has 0 spiro atoms. The smallest absolute Gasteiger partial charge is 0.218 e. The molecule has 0 unspecified atom stereocenters. The number of nitrogens with zero attached hydrogens (tertiary/aromatic N) is 1. The van der Waals surface area contributed by atoms with Gasteiger partial charge in [0.05, 0.1) is 12.4 Å².